The highest BCUT2D eigenvalue weighted by Gasteiger charge is 2.58. The fourth-order valence-corrected chi connectivity index (χ4v) is 5.37. The van der Waals surface area contributed by atoms with Crippen molar-refractivity contribution < 1.29 is 9.59 Å². The van der Waals surface area contributed by atoms with Crippen LogP contribution in [0.2, 0.25) is 0 Å². The van der Waals surface area contributed by atoms with Crippen LogP contribution in [-0.2, 0) is 12.1 Å². The quantitative estimate of drug-likeness (QED) is 0.582. The van der Waals surface area contributed by atoms with Gasteiger partial charge in [-0.1, -0.05) is 83.9 Å². The number of benzene rings is 3. The third-order valence-corrected chi connectivity index (χ3v) is 6.81. The van der Waals surface area contributed by atoms with E-state index in [0.29, 0.717) is 24.2 Å². The molecule has 3 aromatic rings. The lowest BCUT2D eigenvalue weighted by Crippen LogP contribution is -2.60. The van der Waals surface area contributed by atoms with Crippen molar-refractivity contribution >= 4 is 11.6 Å². The van der Waals surface area contributed by atoms with Gasteiger partial charge in [0.1, 0.15) is 0 Å². The molecule has 0 N–H and O–H groups in total. The van der Waals surface area contributed by atoms with Crippen LogP contribution in [0.4, 0.5) is 0 Å². The van der Waals surface area contributed by atoms with E-state index in [-0.39, 0.29) is 11.6 Å². The lowest BCUT2D eigenvalue weighted by atomic mass is 9.81. The van der Waals surface area contributed by atoms with Crippen LogP contribution < -0.4 is 0 Å². The summed E-state index contributed by atoms with van der Waals surface area (Å²) in [5, 5.41) is 0. The number of piperazine rings is 1. The van der Waals surface area contributed by atoms with Crippen LogP contribution in [0.3, 0.4) is 0 Å². The second-order valence-corrected chi connectivity index (χ2v) is 9.04. The number of aryl methyl sites for hydroxylation is 2. The number of carbonyl (C=O) groups is 2. The third-order valence-electron chi connectivity index (χ3n) is 6.81. The Morgan fingerprint density at radius 1 is 0.719 bits per heavy atom. The van der Waals surface area contributed by atoms with Gasteiger partial charge in [-0.2, -0.15) is 0 Å². The van der Waals surface area contributed by atoms with Gasteiger partial charge in [-0.05, 0) is 25.0 Å². The van der Waals surface area contributed by atoms with Crippen LogP contribution in [0.1, 0.15) is 43.0 Å². The van der Waals surface area contributed by atoms with Gasteiger partial charge in [0.15, 0.2) is 17.1 Å². The Labute approximate surface area is 189 Å². The normalized spacial score (nSPS) is 18.7. The molecule has 162 valence electrons. The molecule has 1 aliphatic carbocycles. The molecule has 0 aromatic heterocycles. The lowest BCUT2D eigenvalue weighted by molar-refractivity contribution is 0.0279. The topological polar surface area (TPSA) is 40.6 Å². The molecule has 0 amide bonds. The van der Waals surface area contributed by atoms with E-state index in [9.17, 15) is 9.59 Å². The highest BCUT2D eigenvalue weighted by atomic mass is 16.2. The molecular formula is C28H28N2O2. The van der Waals surface area contributed by atoms with Gasteiger partial charge in [0.05, 0.1) is 0 Å². The van der Waals surface area contributed by atoms with Crippen molar-refractivity contribution in [1.29, 1.82) is 0 Å². The zero-order chi connectivity index (χ0) is 22.3. The molecule has 4 nitrogen and oxygen atoms in total. The van der Waals surface area contributed by atoms with Crippen LogP contribution in [0.25, 0.3) is 0 Å². The summed E-state index contributed by atoms with van der Waals surface area (Å²) < 4.78 is 0. The van der Waals surface area contributed by atoms with Gasteiger partial charge in [0.25, 0.3) is 0 Å². The summed E-state index contributed by atoms with van der Waals surface area (Å²) in [5.74, 6) is -0.167. The standard InChI is InChI=1S/C28H28N2O2/c1-20-16-21(2)18-23(17-20)28(26(31)24-10-6-7-11-25(24)27(28)32)30-14-12-29(13-15-30)19-22-8-4-3-5-9-22/h3-11,16-18H,12-15,19H2,1-2H3. The predicted octanol–water partition coefficient (Wildman–Crippen LogP) is 4.40. The van der Waals surface area contributed by atoms with Gasteiger partial charge >= 0.3 is 0 Å². The molecule has 3 aromatic carbocycles. The molecule has 0 saturated carbocycles. The van der Waals surface area contributed by atoms with Crippen LogP contribution in [0.5, 0.6) is 0 Å². The van der Waals surface area contributed by atoms with Crippen molar-refractivity contribution in [2.75, 3.05) is 26.2 Å². The molecular weight excluding hydrogens is 396 g/mol. The molecule has 4 heteroatoms. The molecule has 0 unspecified atom stereocenters. The van der Waals surface area contributed by atoms with Gasteiger partial charge in [-0.15, -0.1) is 0 Å². The Kier molecular flexibility index (Phi) is 5.28. The number of ketones is 2. The van der Waals surface area contributed by atoms with Gasteiger partial charge in [0, 0.05) is 43.9 Å². The number of fused-ring (bicyclic) bond motifs is 1. The Balaban J connectivity index is 1.51. The number of hydrogen-bond acceptors (Lipinski definition) is 4. The van der Waals surface area contributed by atoms with Crippen molar-refractivity contribution in [3.63, 3.8) is 0 Å². The Morgan fingerprint density at radius 2 is 1.25 bits per heavy atom. The third kappa shape index (κ3) is 3.31. The minimum atomic E-state index is -1.26. The van der Waals surface area contributed by atoms with Crippen molar-refractivity contribution in [2.45, 2.75) is 25.9 Å². The first-order valence-corrected chi connectivity index (χ1v) is 11.3. The van der Waals surface area contributed by atoms with Crippen LogP contribution >= 0.6 is 0 Å². The fourth-order valence-electron chi connectivity index (χ4n) is 5.37. The van der Waals surface area contributed by atoms with Crippen molar-refractivity contribution in [2.24, 2.45) is 0 Å². The summed E-state index contributed by atoms with van der Waals surface area (Å²) in [6.45, 7) is 7.92. The second-order valence-electron chi connectivity index (χ2n) is 9.04. The molecule has 32 heavy (non-hydrogen) atoms. The number of rotatable bonds is 4. The van der Waals surface area contributed by atoms with Crippen LogP contribution in [0, 0.1) is 13.8 Å². The maximum atomic E-state index is 13.9. The largest absolute Gasteiger partial charge is 0.297 e. The minimum Gasteiger partial charge on any atom is -0.297 e. The first-order chi connectivity index (χ1) is 15.5. The minimum absolute atomic E-state index is 0.0837. The summed E-state index contributed by atoms with van der Waals surface area (Å²) in [6.07, 6.45) is 0. The van der Waals surface area contributed by atoms with Crippen LogP contribution in [-0.4, -0.2) is 47.5 Å². The average molecular weight is 425 g/mol. The molecule has 2 aliphatic rings. The van der Waals surface area contributed by atoms with Crippen molar-refractivity contribution in [1.82, 2.24) is 9.80 Å². The molecule has 1 heterocycles. The Hall–Kier alpha value is -3.08. The Bertz CT molecular complexity index is 1120. The molecule has 1 fully saturated rings. The monoisotopic (exact) mass is 424 g/mol. The summed E-state index contributed by atoms with van der Waals surface area (Å²) >= 11 is 0. The molecule has 1 saturated heterocycles. The second kappa shape index (κ2) is 8.12. The number of nitrogens with zero attached hydrogens (tertiary/aromatic N) is 2. The van der Waals surface area contributed by atoms with E-state index >= 15 is 0 Å². The highest BCUT2D eigenvalue weighted by Crippen LogP contribution is 2.43. The number of Topliss-reactive ketones (excluding diaryl/α,β-unsaturated/α-hetero) is 2. The van der Waals surface area contributed by atoms with E-state index in [1.54, 1.807) is 12.1 Å². The summed E-state index contributed by atoms with van der Waals surface area (Å²) in [6, 6.07) is 23.9. The molecule has 0 atom stereocenters. The van der Waals surface area contributed by atoms with Crippen molar-refractivity contribution in [3.8, 4) is 0 Å². The van der Waals surface area contributed by atoms with E-state index < -0.39 is 5.54 Å². The van der Waals surface area contributed by atoms with E-state index in [2.05, 4.69) is 40.1 Å². The zero-order valence-electron chi connectivity index (χ0n) is 18.7. The van der Waals surface area contributed by atoms with Gasteiger partial charge < -0.3 is 0 Å². The first-order valence-electron chi connectivity index (χ1n) is 11.3. The SMILES string of the molecule is Cc1cc(C)cc(C2(N3CCN(Cc4ccccc4)CC3)C(=O)c3ccccc3C2=O)c1. The van der Waals surface area contributed by atoms with E-state index in [4.69, 9.17) is 0 Å². The summed E-state index contributed by atoms with van der Waals surface area (Å²) in [5.41, 5.74) is 4.05. The van der Waals surface area contributed by atoms with E-state index in [1.165, 1.54) is 5.56 Å². The van der Waals surface area contributed by atoms with Gasteiger partial charge in [-0.25, -0.2) is 0 Å². The van der Waals surface area contributed by atoms with E-state index in [1.807, 2.05) is 44.2 Å². The highest BCUT2D eigenvalue weighted by molar-refractivity contribution is 6.32. The maximum Gasteiger partial charge on any atom is 0.196 e. The Morgan fingerprint density at radius 3 is 1.81 bits per heavy atom. The zero-order valence-corrected chi connectivity index (χ0v) is 18.7. The molecule has 1 aliphatic heterocycles. The smallest absolute Gasteiger partial charge is 0.196 e. The number of carbonyl (C=O) groups excluding carboxylic acids is 2. The molecule has 0 radical (unpaired) electrons. The van der Waals surface area contributed by atoms with E-state index in [0.717, 1.165) is 36.3 Å². The maximum absolute atomic E-state index is 13.9. The summed E-state index contributed by atoms with van der Waals surface area (Å²) in [4.78, 5) is 32.4. The van der Waals surface area contributed by atoms with Crippen LogP contribution in [0.15, 0.2) is 72.8 Å². The number of hydrogen-bond donors (Lipinski definition) is 0. The summed E-state index contributed by atoms with van der Waals surface area (Å²) in [7, 11) is 0. The average Bonchev–Trinajstić information content (AvgIpc) is 3.02. The molecule has 0 bridgehead atoms. The molecule has 5 rings (SSSR count). The van der Waals surface area contributed by atoms with Gasteiger partial charge in [-0.3, -0.25) is 19.4 Å². The lowest BCUT2D eigenvalue weighted by Gasteiger charge is -2.44. The molecule has 0 spiro atoms. The first kappa shape index (κ1) is 20.8. The van der Waals surface area contributed by atoms with Gasteiger partial charge in [0.2, 0.25) is 0 Å². The van der Waals surface area contributed by atoms with Crippen molar-refractivity contribution in [3.05, 3.63) is 106 Å². The predicted molar refractivity (Wildman–Crippen MR) is 126 cm³/mol. The fraction of sp³-hybridized carbons (Fsp3) is 0.286.